The van der Waals surface area contributed by atoms with Gasteiger partial charge >= 0.3 is 0 Å². The van der Waals surface area contributed by atoms with Crippen LogP contribution in [0.2, 0.25) is 0 Å². The highest BCUT2D eigenvalue weighted by molar-refractivity contribution is 9.10. The smallest absolute Gasteiger partial charge is 0.134 e. The molecule has 104 valence electrons. The first-order valence-corrected chi connectivity index (χ1v) is 7.79. The molecule has 0 saturated heterocycles. The highest BCUT2D eigenvalue weighted by atomic mass is 79.9. The van der Waals surface area contributed by atoms with Crippen LogP contribution in [0.1, 0.15) is 16.7 Å². The molecule has 1 heterocycles. The number of aromatic hydroxyl groups is 1. The molecule has 0 unspecified atom stereocenters. The summed E-state index contributed by atoms with van der Waals surface area (Å²) in [5.41, 5.74) is 3.92. The number of phenolic OH excluding ortho intramolecular Hbond substituents is 1. The van der Waals surface area contributed by atoms with Crippen LogP contribution in [0.25, 0.3) is 0 Å². The number of hydrogen-bond donors (Lipinski definition) is 1. The van der Waals surface area contributed by atoms with Crippen LogP contribution in [0.5, 0.6) is 5.75 Å². The number of nitrogens with zero attached hydrogens (tertiary/aromatic N) is 1. The molecule has 1 N–H and O–H groups in total. The van der Waals surface area contributed by atoms with Crippen LogP contribution in [0.4, 0.5) is 0 Å². The fourth-order valence-electron chi connectivity index (χ4n) is 2.80. The third kappa shape index (κ3) is 2.89. The quantitative estimate of drug-likeness (QED) is 0.905. The van der Waals surface area contributed by atoms with Gasteiger partial charge in [0, 0.05) is 25.2 Å². The minimum absolute atomic E-state index is 0.370. The Bertz CT molecular complexity index is 585. The lowest BCUT2D eigenvalue weighted by Gasteiger charge is -2.20. The first-order chi connectivity index (χ1) is 9.74. The van der Waals surface area contributed by atoms with Crippen molar-refractivity contribution in [3.63, 3.8) is 0 Å². The Balaban J connectivity index is 1.73. The van der Waals surface area contributed by atoms with Crippen molar-refractivity contribution in [1.82, 2.24) is 4.90 Å². The first kappa shape index (κ1) is 13.7. The zero-order chi connectivity index (χ0) is 13.9. The second kappa shape index (κ2) is 5.98. The molecule has 20 heavy (non-hydrogen) atoms. The summed E-state index contributed by atoms with van der Waals surface area (Å²) in [6, 6.07) is 14.6. The highest BCUT2D eigenvalue weighted by Crippen LogP contribution is 2.28. The lowest BCUT2D eigenvalue weighted by Crippen LogP contribution is -2.25. The summed E-state index contributed by atoms with van der Waals surface area (Å²) in [7, 11) is 0. The Morgan fingerprint density at radius 1 is 0.950 bits per heavy atom. The molecule has 0 bridgehead atoms. The van der Waals surface area contributed by atoms with E-state index < -0.39 is 0 Å². The second-order valence-electron chi connectivity index (χ2n) is 5.29. The monoisotopic (exact) mass is 331 g/mol. The van der Waals surface area contributed by atoms with E-state index in [1.54, 1.807) is 0 Å². The minimum Gasteiger partial charge on any atom is -0.506 e. The molecular formula is C17H18BrNO. The van der Waals surface area contributed by atoms with Crippen molar-refractivity contribution in [2.24, 2.45) is 0 Å². The van der Waals surface area contributed by atoms with Gasteiger partial charge in [0.2, 0.25) is 0 Å². The molecule has 2 aromatic rings. The molecule has 0 fully saturated rings. The number of rotatable bonds is 2. The van der Waals surface area contributed by atoms with E-state index in [2.05, 4.69) is 45.1 Å². The normalized spacial score (nSPS) is 15.7. The van der Waals surface area contributed by atoms with E-state index in [4.69, 9.17) is 0 Å². The van der Waals surface area contributed by atoms with Gasteiger partial charge in [-0.1, -0.05) is 36.4 Å². The zero-order valence-corrected chi connectivity index (χ0v) is 12.9. The number of hydrogen-bond acceptors (Lipinski definition) is 2. The molecule has 0 amide bonds. The van der Waals surface area contributed by atoms with Gasteiger partial charge in [-0.2, -0.15) is 0 Å². The van der Waals surface area contributed by atoms with Gasteiger partial charge in [0.25, 0.3) is 0 Å². The van der Waals surface area contributed by atoms with Gasteiger partial charge in [-0.15, -0.1) is 0 Å². The van der Waals surface area contributed by atoms with E-state index in [0.717, 1.165) is 42.5 Å². The zero-order valence-electron chi connectivity index (χ0n) is 11.3. The molecule has 0 spiro atoms. The Hall–Kier alpha value is -1.32. The first-order valence-electron chi connectivity index (χ1n) is 6.99. The molecule has 0 aliphatic carbocycles. The molecule has 0 atom stereocenters. The predicted octanol–water partition coefficient (Wildman–Crippen LogP) is 3.76. The van der Waals surface area contributed by atoms with Crippen LogP contribution in [0.15, 0.2) is 46.9 Å². The molecule has 0 aromatic heterocycles. The van der Waals surface area contributed by atoms with Gasteiger partial charge in [-0.3, -0.25) is 4.90 Å². The van der Waals surface area contributed by atoms with Gasteiger partial charge in [0.1, 0.15) is 5.75 Å². The Kier molecular flexibility index (Phi) is 4.08. The third-order valence-electron chi connectivity index (χ3n) is 3.98. The van der Waals surface area contributed by atoms with E-state index in [1.165, 1.54) is 11.1 Å². The summed E-state index contributed by atoms with van der Waals surface area (Å²) < 4.78 is 0.771. The number of halogens is 1. The van der Waals surface area contributed by atoms with Crippen LogP contribution in [0, 0.1) is 0 Å². The van der Waals surface area contributed by atoms with Crippen LogP contribution >= 0.6 is 15.9 Å². The molecule has 0 saturated carbocycles. The maximum absolute atomic E-state index is 10.1. The summed E-state index contributed by atoms with van der Waals surface area (Å²) >= 11 is 3.38. The predicted molar refractivity (Wildman–Crippen MR) is 84.9 cm³/mol. The number of benzene rings is 2. The fraction of sp³-hybridized carbons (Fsp3) is 0.294. The molecule has 0 radical (unpaired) electrons. The maximum Gasteiger partial charge on any atom is 0.134 e. The van der Waals surface area contributed by atoms with Gasteiger partial charge in [0.15, 0.2) is 0 Å². The minimum atomic E-state index is 0.370. The van der Waals surface area contributed by atoms with Crippen molar-refractivity contribution in [3.05, 3.63) is 63.6 Å². The SMILES string of the molecule is Oc1c(Br)cccc1CN1CCc2ccccc2CC1. The number of phenols is 1. The van der Waals surface area contributed by atoms with Crippen LogP contribution in [-0.4, -0.2) is 23.1 Å². The summed E-state index contributed by atoms with van der Waals surface area (Å²) in [4.78, 5) is 2.42. The lowest BCUT2D eigenvalue weighted by molar-refractivity contribution is 0.275. The number of fused-ring (bicyclic) bond motifs is 1. The van der Waals surface area contributed by atoms with Crippen LogP contribution in [-0.2, 0) is 19.4 Å². The Morgan fingerprint density at radius 3 is 2.25 bits per heavy atom. The molecule has 3 heteroatoms. The van der Waals surface area contributed by atoms with Crippen molar-refractivity contribution in [2.75, 3.05) is 13.1 Å². The molecule has 1 aliphatic rings. The highest BCUT2D eigenvalue weighted by Gasteiger charge is 2.15. The van der Waals surface area contributed by atoms with E-state index in [9.17, 15) is 5.11 Å². The molecular weight excluding hydrogens is 314 g/mol. The van der Waals surface area contributed by atoms with E-state index in [0.29, 0.717) is 5.75 Å². The molecule has 1 aliphatic heterocycles. The fourth-order valence-corrected chi connectivity index (χ4v) is 3.21. The Morgan fingerprint density at radius 2 is 1.60 bits per heavy atom. The van der Waals surface area contributed by atoms with Gasteiger partial charge < -0.3 is 5.11 Å². The average molecular weight is 332 g/mol. The van der Waals surface area contributed by atoms with Gasteiger partial charge in [0.05, 0.1) is 4.47 Å². The van der Waals surface area contributed by atoms with Gasteiger partial charge in [-0.25, -0.2) is 0 Å². The topological polar surface area (TPSA) is 23.5 Å². The summed E-state index contributed by atoms with van der Waals surface area (Å²) in [6.07, 6.45) is 2.18. The van der Waals surface area contributed by atoms with Crippen LogP contribution in [0.3, 0.4) is 0 Å². The average Bonchev–Trinajstić information content (AvgIpc) is 2.67. The molecule has 3 rings (SSSR count). The second-order valence-corrected chi connectivity index (χ2v) is 6.15. The van der Waals surface area contributed by atoms with Crippen molar-refractivity contribution < 1.29 is 5.11 Å². The van der Waals surface area contributed by atoms with Gasteiger partial charge in [-0.05, 0) is 46.0 Å². The van der Waals surface area contributed by atoms with Crippen molar-refractivity contribution in [1.29, 1.82) is 0 Å². The molecule has 2 aromatic carbocycles. The van der Waals surface area contributed by atoms with Crippen LogP contribution < -0.4 is 0 Å². The summed E-state index contributed by atoms with van der Waals surface area (Å²) in [5.74, 6) is 0.370. The number of para-hydroxylation sites is 1. The largest absolute Gasteiger partial charge is 0.506 e. The van der Waals surface area contributed by atoms with E-state index >= 15 is 0 Å². The maximum atomic E-state index is 10.1. The van der Waals surface area contributed by atoms with Crippen molar-refractivity contribution >= 4 is 15.9 Å². The molecule has 2 nitrogen and oxygen atoms in total. The van der Waals surface area contributed by atoms with E-state index in [-0.39, 0.29) is 0 Å². The van der Waals surface area contributed by atoms with E-state index in [1.807, 2.05) is 18.2 Å². The summed E-state index contributed by atoms with van der Waals surface area (Å²) in [5, 5.41) is 10.1. The third-order valence-corrected chi connectivity index (χ3v) is 4.62. The summed E-state index contributed by atoms with van der Waals surface area (Å²) in [6.45, 7) is 2.89. The standard InChI is InChI=1S/C17H18BrNO/c18-16-7-3-6-15(17(16)20)12-19-10-8-13-4-1-2-5-14(13)9-11-19/h1-7,20H,8-12H2. The van der Waals surface area contributed by atoms with Crippen molar-refractivity contribution in [2.45, 2.75) is 19.4 Å². The lowest BCUT2D eigenvalue weighted by atomic mass is 10.0. The Labute approximate surface area is 128 Å². The van der Waals surface area contributed by atoms with Crippen molar-refractivity contribution in [3.8, 4) is 5.75 Å².